The lowest BCUT2D eigenvalue weighted by Gasteiger charge is -2.36. The van der Waals surface area contributed by atoms with Crippen molar-refractivity contribution in [2.75, 3.05) is 70.3 Å². The predicted molar refractivity (Wildman–Crippen MR) is 310 cm³/mol. The molecule has 6 heterocycles. The first-order chi connectivity index (χ1) is 37.8. The van der Waals surface area contributed by atoms with E-state index in [9.17, 15) is 23.5 Å². The number of nitrogen functional groups attached to an aromatic ring is 1. The molecular weight excluding hydrogens is 1020 g/mol. The molecule has 2 unspecified atom stereocenters. The van der Waals surface area contributed by atoms with Gasteiger partial charge in [0, 0.05) is 62.7 Å². The Morgan fingerprint density at radius 3 is 1.82 bits per heavy atom. The number of nitrogens with two attached hydrogens (primary N) is 1. The number of benzene rings is 2. The number of amides is 1. The number of anilines is 2. The maximum absolute atomic E-state index is 13.1. The Morgan fingerprint density at radius 1 is 0.772 bits per heavy atom. The van der Waals surface area contributed by atoms with Crippen molar-refractivity contribution in [3.63, 3.8) is 0 Å². The number of nitrogens with one attached hydrogen (secondary N) is 2. The number of alkyl halides is 2. The van der Waals surface area contributed by atoms with E-state index in [0.717, 1.165) is 126 Å². The molecule has 10 rings (SSSR count). The zero-order valence-corrected chi connectivity index (χ0v) is 48.8. The lowest BCUT2D eigenvalue weighted by Crippen LogP contribution is -2.38. The number of H-pyrrole nitrogens is 1. The van der Waals surface area contributed by atoms with Crippen LogP contribution in [0.4, 0.5) is 20.2 Å². The monoisotopic (exact) mass is 1100 g/mol. The second-order valence-corrected chi connectivity index (χ2v) is 30.6. The highest BCUT2D eigenvalue weighted by atomic mass is 28.3. The number of carbonyl (C=O) groups is 2. The Bertz CT molecular complexity index is 2880. The van der Waals surface area contributed by atoms with Crippen LogP contribution in [0.1, 0.15) is 133 Å². The summed E-state index contributed by atoms with van der Waals surface area (Å²) >= 11 is 0. The molecule has 79 heavy (non-hydrogen) atoms. The number of fused-ring (bicyclic) bond motifs is 2. The normalized spacial score (nSPS) is 18.5. The fourth-order valence-electron chi connectivity index (χ4n) is 11.9. The van der Waals surface area contributed by atoms with Crippen LogP contribution in [0.15, 0.2) is 85.5 Å². The van der Waals surface area contributed by atoms with Gasteiger partial charge in [0.1, 0.15) is 20.1 Å². The molecule has 2 fully saturated rings. The van der Waals surface area contributed by atoms with Gasteiger partial charge in [-0.3, -0.25) is 19.3 Å². The molecule has 19 heteroatoms. The summed E-state index contributed by atoms with van der Waals surface area (Å²) in [6.07, 6.45) is 16.8. The van der Waals surface area contributed by atoms with Crippen molar-refractivity contribution in [2.45, 2.75) is 136 Å². The molecule has 6 aromatic rings. The summed E-state index contributed by atoms with van der Waals surface area (Å²) < 4.78 is 36.8. The second-order valence-electron chi connectivity index (χ2n) is 25.0. The number of carboxylic acids is 1. The largest absolute Gasteiger partial charge is 0.476 e. The number of aromatic nitrogens is 8. The van der Waals surface area contributed by atoms with E-state index in [2.05, 4.69) is 136 Å². The number of carbonyl (C=O) groups excluding carboxylic acids is 1. The standard InChI is InChI=1S/C27H35FN6O.C17H23FN4.C16H28N2O3Si/c1-27(2)11-8-22-23(16-27)31-32-24(22)26(35)30-21-17-29-34(18-21)25(19-6-4-3-5-7-19)20-9-13-33(14-10-20)15-12-28;18-8-11-21-9-6-15(7-10-21)17(14-4-2-1-3-5-14)22-13-16(19)12-20-22;1-16(2)7-6-12-13(10-16)18(17-14(12)15(19)20)11-21-8-9-22(3,4)5/h3-7,17-18,20,25H,8-16H2,1-2H3,(H,30,35)(H,31,32);1-5,12-13,15,17H,6-11,19H2;6-11H2,1-5H3,(H,19,20). The summed E-state index contributed by atoms with van der Waals surface area (Å²) in [6, 6.07) is 22.2. The van der Waals surface area contributed by atoms with Gasteiger partial charge in [-0.05, 0) is 130 Å². The molecule has 0 bridgehead atoms. The van der Waals surface area contributed by atoms with E-state index in [1.807, 2.05) is 33.9 Å². The Hall–Kier alpha value is -6.02. The van der Waals surface area contributed by atoms with E-state index in [1.165, 1.54) is 11.1 Å². The molecule has 4 aliphatic rings. The molecule has 16 nitrogen and oxygen atoms in total. The van der Waals surface area contributed by atoms with E-state index in [4.69, 9.17) is 10.5 Å². The van der Waals surface area contributed by atoms with Crippen molar-refractivity contribution in [3.05, 3.63) is 130 Å². The summed E-state index contributed by atoms with van der Waals surface area (Å²) in [5.41, 5.74) is 14.8. The number of piperidine rings is 2. The molecule has 4 aromatic heterocycles. The minimum absolute atomic E-state index is 0.0646. The maximum atomic E-state index is 13.1. The molecule has 2 aliphatic carbocycles. The number of halogens is 2. The first-order valence-electron chi connectivity index (χ1n) is 28.6. The van der Waals surface area contributed by atoms with Crippen molar-refractivity contribution in [1.29, 1.82) is 0 Å². The predicted octanol–water partition coefficient (Wildman–Crippen LogP) is 10.8. The first kappa shape index (κ1) is 59.1. The molecule has 5 N–H and O–H groups in total. The van der Waals surface area contributed by atoms with Crippen LogP contribution in [0, 0.1) is 22.7 Å². The third-order valence-electron chi connectivity index (χ3n) is 16.4. The molecule has 0 saturated carbocycles. The van der Waals surface area contributed by atoms with Crippen molar-refractivity contribution >= 4 is 31.3 Å². The number of ether oxygens (including phenoxy) is 1. The summed E-state index contributed by atoms with van der Waals surface area (Å²) in [4.78, 5) is 28.9. The Labute approximate surface area is 466 Å². The number of hydrogen-bond acceptors (Lipinski definition) is 10. The van der Waals surface area contributed by atoms with Crippen LogP contribution in [0.3, 0.4) is 0 Å². The highest BCUT2D eigenvalue weighted by Gasteiger charge is 2.35. The van der Waals surface area contributed by atoms with Gasteiger partial charge in [0.2, 0.25) is 0 Å². The van der Waals surface area contributed by atoms with Gasteiger partial charge in [-0.15, -0.1) is 0 Å². The lowest BCUT2D eigenvalue weighted by atomic mass is 9.76. The van der Waals surface area contributed by atoms with Crippen LogP contribution in [-0.4, -0.2) is 134 Å². The molecular formula is C60H86F2N12O4Si. The van der Waals surface area contributed by atoms with Gasteiger partial charge in [-0.2, -0.15) is 20.4 Å². The number of carboxylic acid groups (broad SMARTS) is 1. The number of hydrogen-bond donors (Lipinski definition) is 4. The minimum atomic E-state index is -1.11. The van der Waals surface area contributed by atoms with Gasteiger partial charge in [0.15, 0.2) is 11.4 Å². The van der Waals surface area contributed by atoms with Crippen molar-refractivity contribution in [2.24, 2.45) is 22.7 Å². The Kier molecular flexibility index (Phi) is 19.8. The van der Waals surface area contributed by atoms with Crippen LogP contribution >= 0.6 is 0 Å². The van der Waals surface area contributed by atoms with Crippen LogP contribution < -0.4 is 11.1 Å². The van der Waals surface area contributed by atoms with Crippen LogP contribution in [-0.2, 0) is 37.2 Å². The Morgan fingerprint density at radius 2 is 1.30 bits per heavy atom. The van der Waals surface area contributed by atoms with E-state index in [-0.39, 0.29) is 47.9 Å². The molecule has 2 aliphatic heterocycles. The van der Waals surface area contributed by atoms with Gasteiger partial charge in [-0.25, -0.2) is 18.3 Å². The smallest absolute Gasteiger partial charge is 0.356 e. The molecule has 0 radical (unpaired) electrons. The average molecular weight is 1110 g/mol. The van der Waals surface area contributed by atoms with E-state index in [1.54, 1.807) is 17.1 Å². The first-order valence-corrected chi connectivity index (χ1v) is 32.3. The van der Waals surface area contributed by atoms with Gasteiger partial charge in [0.05, 0.1) is 35.9 Å². The minimum Gasteiger partial charge on any atom is -0.476 e. The molecule has 1 amide bonds. The van der Waals surface area contributed by atoms with Gasteiger partial charge in [-0.1, -0.05) is 108 Å². The van der Waals surface area contributed by atoms with Crippen molar-refractivity contribution < 1.29 is 28.2 Å². The number of nitrogens with zero attached hydrogens (tertiary/aromatic N) is 9. The fraction of sp³-hybridized carbons (Fsp3) is 0.567. The Balaban J connectivity index is 0.000000163. The van der Waals surface area contributed by atoms with Crippen LogP contribution in [0.2, 0.25) is 25.7 Å². The molecule has 2 saturated heterocycles. The summed E-state index contributed by atoms with van der Waals surface area (Å²) in [6.45, 7) is 21.2. The molecule has 428 valence electrons. The van der Waals surface area contributed by atoms with Gasteiger partial charge < -0.3 is 30.7 Å². The van der Waals surface area contributed by atoms with Crippen LogP contribution in [0.5, 0.6) is 0 Å². The van der Waals surface area contributed by atoms with Gasteiger partial charge >= 0.3 is 5.97 Å². The van der Waals surface area contributed by atoms with E-state index >= 15 is 0 Å². The van der Waals surface area contributed by atoms with Crippen molar-refractivity contribution in [1.82, 2.24) is 49.3 Å². The van der Waals surface area contributed by atoms with E-state index < -0.39 is 14.0 Å². The summed E-state index contributed by atoms with van der Waals surface area (Å²) in [5, 5.41) is 33.2. The third-order valence-corrected chi connectivity index (χ3v) is 18.1. The topological polar surface area (TPSA) is 190 Å². The number of aromatic amines is 1. The van der Waals surface area contributed by atoms with Gasteiger partial charge in [0.25, 0.3) is 5.91 Å². The van der Waals surface area contributed by atoms with E-state index in [0.29, 0.717) is 48.7 Å². The average Bonchev–Trinajstić information content (AvgIpc) is 4.29. The SMILES string of the molecule is CC1(C)CCc2c(C(=O)Nc3cnn(C(c4ccccc4)C4CCN(CCF)CC4)c3)n[nH]c2C1.CC1(C)CCc2c(C(=O)O)nn(COCC[Si](C)(C)C)c2C1.Nc1cnn(C(c2ccccc2)C2CCN(CCF)CC2)c1. The highest BCUT2D eigenvalue weighted by molar-refractivity contribution is 6.76. The van der Waals surface area contributed by atoms with Crippen molar-refractivity contribution in [3.8, 4) is 0 Å². The number of aromatic carboxylic acids is 1. The maximum Gasteiger partial charge on any atom is 0.356 e. The molecule has 2 atom stereocenters. The fourth-order valence-corrected chi connectivity index (χ4v) is 12.7. The summed E-state index contributed by atoms with van der Waals surface area (Å²) in [7, 11) is -1.11. The number of likely N-dealkylation sites (tertiary alicyclic amines) is 2. The molecule has 0 spiro atoms. The highest BCUT2D eigenvalue weighted by Crippen LogP contribution is 2.39. The number of rotatable bonds is 18. The second kappa shape index (κ2) is 26.5. The quantitative estimate of drug-likeness (QED) is 0.0473. The van der Waals surface area contributed by atoms with Crippen LogP contribution in [0.25, 0.3) is 0 Å². The third kappa shape index (κ3) is 15.9. The molecule has 2 aromatic carbocycles. The zero-order chi connectivity index (χ0) is 56.3. The zero-order valence-electron chi connectivity index (χ0n) is 47.8. The lowest BCUT2D eigenvalue weighted by molar-refractivity contribution is 0.0667. The summed E-state index contributed by atoms with van der Waals surface area (Å²) in [5.74, 6) is -0.245.